The Kier molecular flexibility index (Phi) is 7.67. The summed E-state index contributed by atoms with van der Waals surface area (Å²) in [6.07, 6.45) is 1.91. The van der Waals surface area contributed by atoms with Crippen LogP contribution in [0.2, 0.25) is 5.02 Å². The molecule has 0 saturated carbocycles. The third-order valence-corrected chi connectivity index (χ3v) is 3.95. The van der Waals surface area contributed by atoms with Crippen LogP contribution in [0.4, 0.5) is 0 Å². The van der Waals surface area contributed by atoms with Crippen LogP contribution < -0.4 is 11.5 Å². The van der Waals surface area contributed by atoms with E-state index in [4.69, 9.17) is 23.1 Å². The van der Waals surface area contributed by atoms with Crippen LogP contribution >= 0.6 is 11.6 Å². The Morgan fingerprint density at radius 3 is 2.27 bits per heavy atom. The molecule has 0 fully saturated rings. The van der Waals surface area contributed by atoms with Gasteiger partial charge in [-0.1, -0.05) is 23.7 Å². The minimum absolute atomic E-state index is 0.182. The van der Waals surface area contributed by atoms with E-state index in [2.05, 4.69) is 4.74 Å². The van der Waals surface area contributed by atoms with Gasteiger partial charge in [0.1, 0.15) is 12.1 Å². The highest BCUT2D eigenvalue weighted by atomic mass is 35.5. The highest BCUT2D eigenvalue weighted by molar-refractivity contribution is 7.84. The molecule has 0 aromatic heterocycles. The SMILES string of the molecule is CS(=O)CC[C@H](N)C(=O)OC(=O)[C@@H](N)Cc1ccc(Cl)cc1. The highest BCUT2D eigenvalue weighted by Gasteiger charge is 2.23. The minimum Gasteiger partial charge on any atom is -0.391 e. The summed E-state index contributed by atoms with van der Waals surface area (Å²) in [5, 5.41) is 0.578. The first-order valence-electron chi connectivity index (χ1n) is 6.60. The molecule has 0 saturated heterocycles. The van der Waals surface area contributed by atoms with Gasteiger partial charge in [0.15, 0.2) is 0 Å². The Morgan fingerprint density at radius 2 is 1.73 bits per heavy atom. The van der Waals surface area contributed by atoms with Crippen molar-refractivity contribution >= 4 is 34.3 Å². The second-order valence-corrected chi connectivity index (χ2v) is 6.84. The Bertz CT molecular complexity index is 550. The van der Waals surface area contributed by atoms with Crippen LogP contribution in [0.3, 0.4) is 0 Å². The lowest BCUT2D eigenvalue weighted by Gasteiger charge is -2.13. The molecular weight excluding hydrogens is 328 g/mol. The quantitative estimate of drug-likeness (QED) is 0.545. The van der Waals surface area contributed by atoms with Crippen LogP contribution in [0.5, 0.6) is 0 Å². The Hall–Kier alpha value is -1.28. The van der Waals surface area contributed by atoms with Crippen LogP contribution in [0.15, 0.2) is 24.3 Å². The zero-order chi connectivity index (χ0) is 16.7. The largest absolute Gasteiger partial charge is 0.391 e. The minimum atomic E-state index is -1.06. The third-order valence-electron chi connectivity index (χ3n) is 2.89. The highest BCUT2D eigenvalue weighted by Crippen LogP contribution is 2.11. The number of hydrogen-bond acceptors (Lipinski definition) is 6. The number of carbonyl (C=O) groups is 2. The summed E-state index contributed by atoms with van der Waals surface area (Å²) >= 11 is 5.76. The fraction of sp³-hybridized carbons (Fsp3) is 0.429. The second-order valence-electron chi connectivity index (χ2n) is 4.85. The molecular formula is C14H19ClN2O4S. The summed E-state index contributed by atoms with van der Waals surface area (Å²) in [5.41, 5.74) is 12.1. The summed E-state index contributed by atoms with van der Waals surface area (Å²) in [5.74, 6) is -1.43. The third kappa shape index (κ3) is 6.65. The average molecular weight is 347 g/mol. The van der Waals surface area contributed by atoms with Crippen molar-refractivity contribution < 1.29 is 18.5 Å². The number of hydrogen-bond donors (Lipinski definition) is 2. The van der Waals surface area contributed by atoms with Gasteiger partial charge in [-0.05, 0) is 30.5 Å². The average Bonchev–Trinajstić information content (AvgIpc) is 2.46. The molecule has 0 bridgehead atoms. The Labute approximate surface area is 136 Å². The first-order chi connectivity index (χ1) is 10.3. The van der Waals surface area contributed by atoms with Crippen LogP contribution in [-0.4, -0.2) is 40.2 Å². The maximum absolute atomic E-state index is 11.8. The van der Waals surface area contributed by atoms with Crippen molar-refractivity contribution in [1.29, 1.82) is 0 Å². The van der Waals surface area contributed by atoms with Gasteiger partial charge in [-0.2, -0.15) is 0 Å². The molecule has 1 rings (SSSR count). The van der Waals surface area contributed by atoms with E-state index in [1.54, 1.807) is 24.3 Å². The van der Waals surface area contributed by atoms with Crippen molar-refractivity contribution in [3.8, 4) is 0 Å². The molecule has 0 aliphatic heterocycles. The first-order valence-corrected chi connectivity index (χ1v) is 8.71. The van der Waals surface area contributed by atoms with Gasteiger partial charge < -0.3 is 16.2 Å². The Balaban J connectivity index is 2.47. The summed E-state index contributed by atoms with van der Waals surface area (Å²) in [6, 6.07) is 4.87. The fourth-order valence-electron chi connectivity index (χ4n) is 1.62. The zero-order valence-corrected chi connectivity index (χ0v) is 13.7. The maximum Gasteiger partial charge on any atom is 0.330 e. The van der Waals surface area contributed by atoms with E-state index < -0.39 is 34.8 Å². The lowest BCUT2D eigenvalue weighted by Crippen LogP contribution is -2.41. The maximum atomic E-state index is 11.8. The van der Waals surface area contributed by atoms with Gasteiger partial charge in [-0.3, -0.25) is 4.21 Å². The van der Waals surface area contributed by atoms with E-state index in [0.29, 0.717) is 5.02 Å². The standard InChI is InChI=1S/C14H19ClN2O4S/c1-22(20)7-6-11(16)13(18)21-14(19)12(17)8-9-2-4-10(15)5-3-9/h2-5,11-12H,6-8,16-17H2,1H3/t11-,12-,22?/m0/s1. The van der Waals surface area contributed by atoms with E-state index in [-0.39, 0.29) is 18.6 Å². The van der Waals surface area contributed by atoms with Gasteiger partial charge in [-0.15, -0.1) is 0 Å². The number of halogens is 1. The lowest BCUT2D eigenvalue weighted by atomic mass is 10.1. The van der Waals surface area contributed by atoms with Crippen molar-refractivity contribution in [2.75, 3.05) is 12.0 Å². The van der Waals surface area contributed by atoms with Crippen LogP contribution in [0.1, 0.15) is 12.0 Å². The van der Waals surface area contributed by atoms with E-state index in [1.165, 1.54) is 6.26 Å². The number of ether oxygens (including phenoxy) is 1. The molecule has 1 aromatic rings. The van der Waals surface area contributed by atoms with Gasteiger partial charge in [0.25, 0.3) is 0 Å². The molecule has 22 heavy (non-hydrogen) atoms. The summed E-state index contributed by atoms with van der Waals surface area (Å²) < 4.78 is 15.6. The molecule has 3 atom stereocenters. The number of benzene rings is 1. The molecule has 122 valence electrons. The lowest BCUT2D eigenvalue weighted by molar-refractivity contribution is -0.161. The van der Waals surface area contributed by atoms with Gasteiger partial charge in [0.2, 0.25) is 0 Å². The molecule has 0 spiro atoms. The predicted octanol–water partition coefficient (Wildman–Crippen LogP) is 0.376. The van der Waals surface area contributed by atoms with Crippen molar-refractivity contribution in [1.82, 2.24) is 0 Å². The number of rotatable bonds is 7. The molecule has 1 aromatic carbocycles. The zero-order valence-electron chi connectivity index (χ0n) is 12.2. The summed E-state index contributed by atoms with van der Waals surface area (Å²) in [7, 11) is -1.06. The monoisotopic (exact) mass is 346 g/mol. The molecule has 0 aliphatic rings. The van der Waals surface area contributed by atoms with Crippen LogP contribution in [0.25, 0.3) is 0 Å². The van der Waals surface area contributed by atoms with Crippen molar-refractivity contribution in [3.63, 3.8) is 0 Å². The molecule has 1 unspecified atom stereocenters. The van der Waals surface area contributed by atoms with Crippen LogP contribution in [-0.2, 0) is 31.5 Å². The van der Waals surface area contributed by atoms with Crippen LogP contribution in [0, 0.1) is 0 Å². The topological polar surface area (TPSA) is 112 Å². The molecule has 0 radical (unpaired) electrons. The summed E-state index contributed by atoms with van der Waals surface area (Å²) in [6.45, 7) is 0. The fourth-order valence-corrected chi connectivity index (χ4v) is 2.33. The summed E-state index contributed by atoms with van der Waals surface area (Å²) in [4.78, 5) is 23.4. The van der Waals surface area contributed by atoms with Gasteiger partial charge in [0, 0.05) is 27.8 Å². The number of esters is 2. The van der Waals surface area contributed by atoms with E-state index >= 15 is 0 Å². The number of nitrogens with two attached hydrogens (primary N) is 2. The second kappa shape index (κ2) is 8.99. The Morgan fingerprint density at radius 1 is 1.18 bits per heavy atom. The van der Waals surface area contributed by atoms with E-state index in [1.807, 2.05) is 0 Å². The normalized spacial score (nSPS) is 14.9. The van der Waals surface area contributed by atoms with E-state index in [9.17, 15) is 13.8 Å². The first kappa shape index (κ1) is 18.8. The van der Waals surface area contributed by atoms with Crippen molar-refractivity contribution in [3.05, 3.63) is 34.9 Å². The molecule has 4 N–H and O–H groups in total. The molecule has 8 heteroatoms. The number of carbonyl (C=O) groups excluding carboxylic acids is 2. The van der Waals surface area contributed by atoms with Gasteiger partial charge in [0.05, 0.1) is 0 Å². The van der Waals surface area contributed by atoms with Crippen molar-refractivity contribution in [2.24, 2.45) is 11.5 Å². The predicted molar refractivity (Wildman–Crippen MR) is 85.8 cm³/mol. The van der Waals surface area contributed by atoms with Gasteiger partial charge in [-0.25, -0.2) is 9.59 Å². The smallest absolute Gasteiger partial charge is 0.330 e. The van der Waals surface area contributed by atoms with E-state index in [0.717, 1.165) is 5.56 Å². The molecule has 0 amide bonds. The molecule has 0 aliphatic carbocycles. The van der Waals surface area contributed by atoms with Crippen molar-refractivity contribution in [2.45, 2.75) is 24.9 Å². The molecule has 6 nitrogen and oxygen atoms in total. The molecule has 0 heterocycles. The van der Waals surface area contributed by atoms with Gasteiger partial charge >= 0.3 is 11.9 Å².